The number of primary amides is 1. The number of hydrogen-bond donors (Lipinski definition) is 3. The van der Waals surface area contributed by atoms with E-state index in [2.05, 4.69) is 5.32 Å². The highest BCUT2D eigenvalue weighted by molar-refractivity contribution is 7.17. The van der Waals surface area contributed by atoms with Crippen molar-refractivity contribution in [2.24, 2.45) is 5.73 Å². The first-order valence-corrected chi connectivity index (χ1v) is 8.24. The molecule has 0 unspecified atom stereocenters. The molecule has 0 bridgehead atoms. The van der Waals surface area contributed by atoms with Crippen molar-refractivity contribution in [2.75, 3.05) is 0 Å². The van der Waals surface area contributed by atoms with Crippen molar-refractivity contribution in [1.29, 1.82) is 0 Å². The maximum absolute atomic E-state index is 12.2. The summed E-state index contributed by atoms with van der Waals surface area (Å²) in [5.41, 5.74) is 5.92. The van der Waals surface area contributed by atoms with Gasteiger partial charge in [-0.2, -0.15) is 0 Å². The van der Waals surface area contributed by atoms with Gasteiger partial charge in [-0.3, -0.25) is 9.59 Å². The molecule has 1 atom stereocenters. The number of benzene rings is 1. The van der Waals surface area contributed by atoms with Crippen molar-refractivity contribution in [3.05, 3.63) is 46.3 Å². The zero-order valence-electron chi connectivity index (χ0n) is 12.5. The van der Waals surface area contributed by atoms with Gasteiger partial charge in [-0.25, -0.2) is 4.79 Å². The van der Waals surface area contributed by atoms with Crippen LogP contribution < -0.4 is 11.1 Å². The van der Waals surface area contributed by atoms with Crippen LogP contribution in [-0.4, -0.2) is 28.9 Å². The third kappa shape index (κ3) is 4.81. The minimum absolute atomic E-state index is 0.0498. The van der Waals surface area contributed by atoms with Crippen LogP contribution in [0.25, 0.3) is 10.4 Å². The van der Waals surface area contributed by atoms with Crippen LogP contribution in [0.2, 0.25) is 5.02 Å². The Hall–Kier alpha value is -2.38. The van der Waals surface area contributed by atoms with Gasteiger partial charge in [0, 0.05) is 16.3 Å². The van der Waals surface area contributed by atoms with Crippen molar-refractivity contribution in [3.63, 3.8) is 0 Å². The van der Waals surface area contributed by atoms with Gasteiger partial charge >= 0.3 is 5.97 Å². The molecule has 0 aliphatic rings. The fraction of sp³-hybridized carbons (Fsp3) is 0.188. The lowest BCUT2D eigenvalue weighted by Crippen LogP contribution is -2.41. The summed E-state index contributed by atoms with van der Waals surface area (Å²) >= 11 is 7.08. The first-order valence-electron chi connectivity index (χ1n) is 7.04. The summed E-state index contributed by atoms with van der Waals surface area (Å²) in [5, 5.41) is 12.1. The first-order chi connectivity index (χ1) is 11.4. The van der Waals surface area contributed by atoms with E-state index in [1.165, 1.54) is 11.3 Å². The van der Waals surface area contributed by atoms with E-state index in [1.807, 2.05) is 12.1 Å². The number of carboxylic acids is 1. The Morgan fingerprint density at radius 1 is 1.17 bits per heavy atom. The topological polar surface area (TPSA) is 109 Å². The van der Waals surface area contributed by atoms with Gasteiger partial charge in [-0.15, -0.1) is 11.3 Å². The van der Waals surface area contributed by atoms with Crippen molar-refractivity contribution >= 4 is 40.7 Å². The molecule has 0 saturated heterocycles. The van der Waals surface area contributed by atoms with Crippen LogP contribution in [0, 0.1) is 0 Å². The number of carbonyl (C=O) groups excluding carboxylic acids is 2. The molecule has 1 heterocycles. The Bertz CT molecular complexity index is 758. The quantitative estimate of drug-likeness (QED) is 0.699. The fourth-order valence-corrected chi connectivity index (χ4v) is 3.04. The molecule has 0 aliphatic heterocycles. The van der Waals surface area contributed by atoms with Crippen molar-refractivity contribution in [3.8, 4) is 10.4 Å². The van der Waals surface area contributed by atoms with E-state index in [0.717, 1.165) is 10.4 Å². The minimum atomic E-state index is -1.21. The predicted octanol–water partition coefficient (Wildman–Crippen LogP) is 2.52. The van der Waals surface area contributed by atoms with Crippen LogP contribution >= 0.6 is 22.9 Å². The summed E-state index contributed by atoms with van der Waals surface area (Å²) in [4.78, 5) is 35.4. The zero-order chi connectivity index (χ0) is 17.7. The summed E-state index contributed by atoms with van der Waals surface area (Å²) in [6.07, 6.45) is -0.163. The third-order valence-corrected chi connectivity index (χ3v) is 4.63. The normalized spacial score (nSPS) is 11.7. The molecule has 126 valence electrons. The highest BCUT2D eigenvalue weighted by atomic mass is 35.5. The number of nitrogens with one attached hydrogen (secondary N) is 1. The number of halogens is 1. The monoisotopic (exact) mass is 366 g/mol. The van der Waals surface area contributed by atoms with E-state index in [4.69, 9.17) is 22.4 Å². The second-order valence-corrected chi connectivity index (χ2v) is 6.56. The number of rotatable bonds is 7. The maximum atomic E-state index is 12.2. The van der Waals surface area contributed by atoms with Crippen molar-refractivity contribution in [1.82, 2.24) is 5.32 Å². The van der Waals surface area contributed by atoms with Crippen LogP contribution in [0.1, 0.15) is 22.5 Å². The van der Waals surface area contributed by atoms with Gasteiger partial charge in [-0.05, 0) is 36.2 Å². The van der Waals surface area contributed by atoms with Gasteiger partial charge < -0.3 is 16.2 Å². The average molecular weight is 367 g/mol. The number of hydrogen-bond acceptors (Lipinski definition) is 4. The highest BCUT2D eigenvalue weighted by Crippen LogP contribution is 2.29. The number of thiophene rings is 1. The summed E-state index contributed by atoms with van der Waals surface area (Å²) in [6, 6.07) is 9.41. The summed E-state index contributed by atoms with van der Waals surface area (Å²) in [7, 11) is 0. The summed E-state index contributed by atoms with van der Waals surface area (Å²) < 4.78 is 0. The van der Waals surface area contributed by atoms with Crippen molar-refractivity contribution in [2.45, 2.75) is 18.9 Å². The second kappa shape index (κ2) is 7.94. The van der Waals surface area contributed by atoms with Gasteiger partial charge in [0.15, 0.2) is 0 Å². The van der Waals surface area contributed by atoms with E-state index in [0.29, 0.717) is 9.90 Å². The Balaban J connectivity index is 2.08. The van der Waals surface area contributed by atoms with Crippen LogP contribution in [0.5, 0.6) is 0 Å². The van der Waals surface area contributed by atoms with E-state index in [9.17, 15) is 14.4 Å². The molecule has 0 radical (unpaired) electrons. The molecule has 2 aromatic rings. The number of carbonyl (C=O) groups is 3. The molecule has 0 aliphatic carbocycles. The van der Waals surface area contributed by atoms with E-state index < -0.39 is 23.8 Å². The molecule has 1 aromatic heterocycles. The standard InChI is InChI=1S/C16H15ClN2O4S/c17-10-3-1-9(2-4-10)12-6-7-13(24-12)15(21)19-11(16(22)23)5-8-14(18)20/h1-4,6-7,11H,5,8H2,(H2,18,20)(H,19,21)(H,22,23)/t11-/m0/s1. The molecule has 0 saturated carbocycles. The van der Waals surface area contributed by atoms with Crippen LogP contribution in [0.4, 0.5) is 0 Å². The van der Waals surface area contributed by atoms with Crippen molar-refractivity contribution < 1.29 is 19.5 Å². The molecular weight excluding hydrogens is 352 g/mol. The Morgan fingerprint density at radius 2 is 1.83 bits per heavy atom. The molecular formula is C16H15ClN2O4S. The number of amides is 2. The van der Waals surface area contributed by atoms with Crippen LogP contribution in [-0.2, 0) is 9.59 Å². The van der Waals surface area contributed by atoms with Gasteiger partial charge in [0.2, 0.25) is 5.91 Å². The molecule has 2 amide bonds. The van der Waals surface area contributed by atoms with E-state index in [-0.39, 0.29) is 12.8 Å². The SMILES string of the molecule is NC(=O)CC[C@H](NC(=O)c1ccc(-c2ccc(Cl)cc2)s1)C(=O)O. The molecule has 8 heteroatoms. The fourth-order valence-electron chi connectivity index (χ4n) is 2.00. The lowest BCUT2D eigenvalue weighted by Gasteiger charge is -2.12. The predicted molar refractivity (Wildman–Crippen MR) is 92.1 cm³/mol. The second-order valence-electron chi connectivity index (χ2n) is 5.04. The number of carboxylic acid groups (broad SMARTS) is 1. The largest absolute Gasteiger partial charge is 0.480 e. The van der Waals surface area contributed by atoms with Gasteiger partial charge in [0.1, 0.15) is 6.04 Å². The molecule has 24 heavy (non-hydrogen) atoms. The Kier molecular flexibility index (Phi) is 5.94. The Morgan fingerprint density at radius 3 is 2.42 bits per heavy atom. The van der Waals surface area contributed by atoms with E-state index in [1.54, 1.807) is 24.3 Å². The van der Waals surface area contributed by atoms with E-state index >= 15 is 0 Å². The zero-order valence-corrected chi connectivity index (χ0v) is 14.1. The smallest absolute Gasteiger partial charge is 0.326 e. The van der Waals surface area contributed by atoms with Crippen LogP contribution in [0.15, 0.2) is 36.4 Å². The summed E-state index contributed by atoms with van der Waals surface area (Å²) in [5.74, 6) is -2.33. The number of nitrogens with two attached hydrogens (primary N) is 1. The van der Waals surface area contributed by atoms with Gasteiger partial charge in [0.25, 0.3) is 5.91 Å². The summed E-state index contributed by atoms with van der Waals surface area (Å²) in [6.45, 7) is 0. The lowest BCUT2D eigenvalue weighted by atomic mass is 10.1. The molecule has 0 spiro atoms. The lowest BCUT2D eigenvalue weighted by molar-refractivity contribution is -0.139. The first kappa shape index (κ1) is 18.0. The van der Waals surface area contributed by atoms with Gasteiger partial charge in [-0.1, -0.05) is 23.7 Å². The minimum Gasteiger partial charge on any atom is -0.480 e. The molecule has 6 nitrogen and oxygen atoms in total. The highest BCUT2D eigenvalue weighted by Gasteiger charge is 2.22. The molecule has 4 N–H and O–H groups in total. The third-order valence-electron chi connectivity index (χ3n) is 3.24. The van der Waals surface area contributed by atoms with Crippen LogP contribution in [0.3, 0.4) is 0 Å². The Labute approximate surface area is 147 Å². The molecule has 2 rings (SSSR count). The average Bonchev–Trinajstić information content (AvgIpc) is 3.01. The molecule has 0 fully saturated rings. The van der Waals surface area contributed by atoms with Gasteiger partial charge in [0.05, 0.1) is 4.88 Å². The molecule has 1 aromatic carbocycles. The maximum Gasteiger partial charge on any atom is 0.326 e. The number of aliphatic carboxylic acids is 1.